The van der Waals surface area contributed by atoms with Crippen molar-refractivity contribution in [2.45, 2.75) is 119 Å². The van der Waals surface area contributed by atoms with Gasteiger partial charge in [0.1, 0.15) is 0 Å². The standard InChI is InChI=1S/C44H54N/c1-11-29(12-2)32-22-33(30(13-3)14-4)25-44(24-32)37-20-27(5)34-16-15-17-36-38(34)39(37)41-40(43(36,9)10)35-21-28(23-42(6,7)8)18-19-31(35)26-45(41)44/h15-22,24,26,29-30H,11-14,23,25H2,1-10H3/q+1. The molecule has 1 nitrogen and oxygen atoms in total. The molecule has 1 heteroatoms. The van der Waals surface area contributed by atoms with Crippen molar-refractivity contribution in [3.63, 3.8) is 0 Å². The maximum Gasteiger partial charge on any atom is 0.219 e. The van der Waals surface area contributed by atoms with Crippen LogP contribution < -0.4 is 4.57 Å². The highest BCUT2D eigenvalue weighted by molar-refractivity contribution is 6.08. The van der Waals surface area contributed by atoms with Gasteiger partial charge in [-0.1, -0.05) is 104 Å². The summed E-state index contributed by atoms with van der Waals surface area (Å²) in [5.74, 6) is 1.20. The van der Waals surface area contributed by atoms with Crippen LogP contribution in [0.4, 0.5) is 0 Å². The zero-order valence-electron chi connectivity index (χ0n) is 29.6. The van der Waals surface area contributed by atoms with E-state index in [0.717, 1.165) is 12.8 Å². The van der Waals surface area contributed by atoms with Crippen LogP contribution in [0.15, 0.2) is 72.0 Å². The van der Waals surface area contributed by atoms with E-state index in [-0.39, 0.29) is 16.4 Å². The third kappa shape index (κ3) is 4.35. The summed E-state index contributed by atoms with van der Waals surface area (Å²) in [6.45, 7) is 24.0. The number of aryl methyl sites for hydroxylation is 1. The van der Waals surface area contributed by atoms with Crippen LogP contribution in [-0.2, 0) is 17.4 Å². The number of rotatable bonds is 7. The maximum atomic E-state index is 2.78. The van der Waals surface area contributed by atoms with Gasteiger partial charge in [0.25, 0.3) is 0 Å². The van der Waals surface area contributed by atoms with E-state index < -0.39 is 0 Å². The van der Waals surface area contributed by atoms with Crippen molar-refractivity contribution in [1.29, 1.82) is 0 Å². The van der Waals surface area contributed by atoms with Crippen LogP contribution in [0, 0.1) is 24.2 Å². The average Bonchev–Trinajstić information content (AvgIpc) is 3.23. The van der Waals surface area contributed by atoms with Crippen LogP contribution >= 0.6 is 0 Å². The number of aromatic nitrogens is 1. The zero-order chi connectivity index (χ0) is 32.1. The summed E-state index contributed by atoms with van der Waals surface area (Å²) in [6, 6.07) is 17.1. The Balaban J connectivity index is 1.65. The number of fused-ring (bicyclic) bond motifs is 4. The monoisotopic (exact) mass is 596 g/mol. The number of pyridine rings is 1. The lowest BCUT2D eigenvalue weighted by Crippen LogP contribution is -2.55. The van der Waals surface area contributed by atoms with Gasteiger partial charge < -0.3 is 0 Å². The Morgan fingerprint density at radius 1 is 0.844 bits per heavy atom. The van der Waals surface area contributed by atoms with Gasteiger partial charge in [0, 0.05) is 33.7 Å². The molecular formula is C44H54N+. The van der Waals surface area contributed by atoms with E-state index in [2.05, 4.69) is 135 Å². The molecule has 0 saturated heterocycles. The molecule has 0 saturated carbocycles. The molecule has 1 spiro atoms. The molecule has 0 N–H and O–H groups in total. The number of hydrogen-bond acceptors (Lipinski definition) is 0. The van der Waals surface area contributed by atoms with Gasteiger partial charge in [-0.25, -0.2) is 0 Å². The molecule has 0 bridgehead atoms. The second-order valence-corrected chi connectivity index (χ2v) is 16.3. The molecule has 2 aliphatic carbocycles. The molecule has 234 valence electrons. The molecular weight excluding hydrogens is 542 g/mol. The first kappa shape index (κ1) is 30.5. The second-order valence-electron chi connectivity index (χ2n) is 16.3. The molecule has 1 aromatic heterocycles. The van der Waals surface area contributed by atoms with E-state index in [4.69, 9.17) is 0 Å². The van der Waals surface area contributed by atoms with Crippen LogP contribution in [0.5, 0.6) is 0 Å². The van der Waals surface area contributed by atoms with Gasteiger partial charge in [0.15, 0.2) is 6.20 Å². The van der Waals surface area contributed by atoms with Crippen molar-refractivity contribution >= 4 is 21.5 Å². The first-order valence-corrected chi connectivity index (χ1v) is 17.9. The molecule has 4 aromatic rings. The first-order valence-electron chi connectivity index (χ1n) is 17.9. The summed E-state index contributed by atoms with van der Waals surface area (Å²) in [7, 11) is 0. The number of hydrogen-bond donors (Lipinski definition) is 0. The second kappa shape index (κ2) is 10.4. The average molecular weight is 597 g/mol. The van der Waals surface area contributed by atoms with E-state index in [1.54, 1.807) is 11.1 Å². The lowest BCUT2D eigenvalue weighted by molar-refractivity contribution is -0.726. The quantitative estimate of drug-likeness (QED) is 0.187. The van der Waals surface area contributed by atoms with Gasteiger partial charge >= 0.3 is 0 Å². The van der Waals surface area contributed by atoms with Crippen molar-refractivity contribution < 1.29 is 4.57 Å². The van der Waals surface area contributed by atoms with Crippen LogP contribution in [0.2, 0.25) is 0 Å². The first-order chi connectivity index (χ1) is 21.4. The number of allylic oxidation sites excluding steroid dienone is 4. The Labute approximate surface area is 272 Å². The smallest absolute Gasteiger partial charge is 0.183 e. The lowest BCUT2D eigenvalue weighted by atomic mass is 9.67. The third-order valence-electron chi connectivity index (χ3n) is 11.9. The van der Waals surface area contributed by atoms with Crippen molar-refractivity contribution in [2.75, 3.05) is 0 Å². The third-order valence-corrected chi connectivity index (χ3v) is 11.9. The highest BCUT2D eigenvalue weighted by atomic mass is 15.1. The minimum atomic E-state index is -0.214. The fourth-order valence-electron chi connectivity index (χ4n) is 9.67. The van der Waals surface area contributed by atoms with Gasteiger partial charge in [-0.05, 0) is 108 Å². The Morgan fingerprint density at radius 2 is 1.56 bits per heavy atom. The number of benzene rings is 3. The van der Waals surface area contributed by atoms with Crippen molar-refractivity contribution in [1.82, 2.24) is 0 Å². The van der Waals surface area contributed by atoms with E-state index in [0.29, 0.717) is 11.8 Å². The Kier molecular flexibility index (Phi) is 7.05. The SMILES string of the molecule is CCC(CC)C1=CC2(CC(C(CC)CC)=C1)c1cc(C)c3cccc4c3c1-c1c(c3cc(CC(C)(C)C)ccc3c[n+]12)C4(C)C. The van der Waals surface area contributed by atoms with Crippen molar-refractivity contribution in [3.8, 4) is 11.3 Å². The van der Waals surface area contributed by atoms with Gasteiger partial charge in [0.05, 0.1) is 5.56 Å². The summed E-state index contributed by atoms with van der Waals surface area (Å²) in [5.41, 5.74) is 13.5. The van der Waals surface area contributed by atoms with Crippen molar-refractivity contribution in [2.24, 2.45) is 17.3 Å². The van der Waals surface area contributed by atoms with Gasteiger partial charge in [0.2, 0.25) is 11.2 Å². The Morgan fingerprint density at radius 3 is 2.22 bits per heavy atom. The Hall–Kier alpha value is -3.19. The Bertz CT molecular complexity index is 1910. The molecule has 2 heterocycles. The molecule has 1 aliphatic heterocycles. The summed E-state index contributed by atoms with van der Waals surface area (Å²) >= 11 is 0. The highest BCUT2D eigenvalue weighted by Gasteiger charge is 2.57. The topological polar surface area (TPSA) is 3.88 Å². The van der Waals surface area contributed by atoms with Gasteiger partial charge in [-0.3, -0.25) is 0 Å². The largest absolute Gasteiger partial charge is 0.219 e. The van der Waals surface area contributed by atoms with E-state index in [1.165, 1.54) is 86.3 Å². The zero-order valence-corrected chi connectivity index (χ0v) is 29.6. The van der Waals surface area contributed by atoms with E-state index in [9.17, 15) is 0 Å². The van der Waals surface area contributed by atoms with Gasteiger partial charge in [-0.2, -0.15) is 4.57 Å². The molecule has 7 rings (SSSR count). The van der Waals surface area contributed by atoms with Crippen LogP contribution in [0.25, 0.3) is 32.8 Å². The molecule has 45 heavy (non-hydrogen) atoms. The molecule has 1 atom stereocenters. The molecule has 3 aliphatic rings. The summed E-state index contributed by atoms with van der Waals surface area (Å²) < 4.78 is 2.78. The minimum absolute atomic E-state index is 0.120. The van der Waals surface area contributed by atoms with E-state index in [1.807, 2.05) is 0 Å². The van der Waals surface area contributed by atoms with Crippen LogP contribution in [0.3, 0.4) is 0 Å². The molecule has 0 amide bonds. The van der Waals surface area contributed by atoms with E-state index >= 15 is 0 Å². The maximum absolute atomic E-state index is 2.78. The summed E-state index contributed by atoms with van der Waals surface area (Å²) in [4.78, 5) is 0. The highest BCUT2D eigenvalue weighted by Crippen LogP contribution is 2.58. The van der Waals surface area contributed by atoms with Gasteiger partial charge in [-0.15, -0.1) is 0 Å². The van der Waals surface area contributed by atoms with Crippen LogP contribution in [-0.4, -0.2) is 0 Å². The predicted molar refractivity (Wildman–Crippen MR) is 193 cm³/mol. The van der Waals surface area contributed by atoms with Crippen molar-refractivity contribution in [3.05, 3.63) is 99.8 Å². The summed E-state index contributed by atoms with van der Waals surface area (Å²) in [5, 5.41) is 5.73. The molecule has 3 aromatic carbocycles. The molecule has 0 fully saturated rings. The fourth-order valence-corrected chi connectivity index (χ4v) is 9.67. The minimum Gasteiger partial charge on any atom is -0.183 e. The number of nitrogens with zero attached hydrogens (tertiary/aromatic N) is 1. The fraction of sp³-hybridized carbons (Fsp3) is 0.477. The molecule has 1 unspecified atom stereocenters. The predicted octanol–water partition coefficient (Wildman–Crippen LogP) is 11.7. The normalized spacial score (nSPS) is 19.7. The lowest BCUT2D eigenvalue weighted by Gasteiger charge is -2.34. The molecule has 0 radical (unpaired) electrons. The summed E-state index contributed by atoms with van der Waals surface area (Å²) in [6.07, 6.45) is 14.8. The van der Waals surface area contributed by atoms with Crippen LogP contribution in [0.1, 0.15) is 122 Å².